The molecule has 4 nitrogen and oxygen atoms in total. The van der Waals surface area contributed by atoms with Gasteiger partial charge in [-0.05, 0) is 31.2 Å². The van der Waals surface area contributed by atoms with Crippen molar-refractivity contribution in [3.8, 4) is 11.1 Å². The zero-order valence-corrected chi connectivity index (χ0v) is 12.4. The number of hydrogen-bond donors (Lipinski definition) is 1. The van der Waals surface area contributed by atoms with Crippen LogP contribution in [0.3, 0.4) is 0 Å². The van der Waals surface area contributed by atoms with E-state index in [1.54, 1.807) is 6.07 Å². The van der Waals surface area contributed by atoms with Crippen LogP contribution < -0.4 is 4.72 Å². The summed E-state index contributed by atoms with van der Waals surface area (Å²) in [5.74, 6) is -0.473. The minimum absolute atomic E-state index is 0.0772. The summed E-state index contributed by atoms with van der Waals surface area (Å²) in [4.78, 5) is 4.51. The summed E-state index contributed by atoms with van der Waals surface area (Å²) in [6.07, 6.45) is 0. The van der Waals surface area contributed by atoms with Gasteiger partial charge in [-0.3, -0.25) is 9.71 Å². The maximum atomic E-state index is 13.6. The van der Waals surface area contributed by atoms with Crippen LogP contribution in [0, 0.1) is 12.7 Å². The number of aromatic nitrogens is 1. The molecule has 1 aliphatic heterocycles. The van der Waals surface area contributed by atoms with Gasteiger partial charge < -0.3 is 0 Å². The van der Waals surface area contributed by atoms with E-state index in [1.165, 1.54) is 12.1 Å². The number of nitrogens with one attached hydrogen (secondary N) is 1. The van der Waals surface area contributed by atoms with Crippen LogP contribution in [0.2, 0.25) is 0 Å². The zero-order chi connectivity index (χ0) is 15.5. The molecule has 2 aromatic carbocycles. The highest BCUT2D eigenvalue weighted by molar-refractivity contribution is 7.93. The predicted octanol–water partition coefficient (Wildman–Crippen LogP) is 3.46. The first kappa shape index (κ1) is 13.2. The smallest absolute Gasteiger partial charge is 0.262 e. The number of halogens is 1. The fourth-order valence-corrected chi connectivity index (χ4v) is 4.04. The molecular formula is C16H11FN2O2S. The van der Waals surface area contributed by atoms with Crippen molar-refractivity contribution in [3.63, 3.8) is 0 Å². The average molecular weight is 314 g/mol. The number of benzene rings is 2. The van der Waals surface area contributed by atoms with Crippen molar-refractivity contribution >= 4 is 26.6 Å². The third-order valence-electron chi connectivity index (χ3n) is 3.76. The lowest BCUT2D eigenvalue weighted by molar-refractivity contribution is 0.599. The van der Waals surface area contributed by atoms with E-state index in [0.29, 0.717) is 22.3 Å². The number of anilines is 1. The first-order valence-corrected chi connectivity index (χ1v) is 8.17. The lowest BCUT2D eigenvalue weighted by Gasteiger charge is -2.22. The molecule has 3 aromatic rings. The third-order valence-corrected chi connectivity index (χ3v) is 5.17. The molecule has 6 heteroatoms. The Kier molecular flexibility index (Phi) is 2.56. The molecule has 0 unspecified atom stereocenters. The topological polar surface area (TPSA) is 59.1 Å². The van der Waals surface area contributed by atoms with E-state index in [0.717, 1.165) is 17.1 Å². The highest BCUT2D eigenvalue weighted by atomic mass is 32.2. The summed E-state index contributed by atoms with van der Waals surface area (Å²) in [5, 5.41) is 0.826. The van der Waals surface area contributed by atoms with Gasteiger partial charge in [0.2, 0.25) is 0 Å². The molecule has 0 amide bonds. The lowest BCUT2D eigenvalue weighted by atomic mass is 10.0. The molecule has 1 N–H and O–H groups in total. The van der Waals surface area contributed by atoms with Crippen molar-refractivity contribution < 1.29 is 12.8 Å². The van der Waals surface area contributed by atoms with Crippen LogP contribution in [-0.2, 0) is 10.0 Å². The summed E-state index contributed by atoms with van der Waals surface area (Å²) in [5.41, 5.74) is 2.74. The summed E-state index contributed by atoms with van der Waals surface area (Å²) >= 11 is 0. The Morgan fingerprint density at radius 3 is 2.64 bits per heavy atom. The molecule has 0 spiro atoms. The molecular weight excluding hydrogens is 303 g/mol. The normalized spacial score (nSPS) is 15.0. The highest BCUT2D eigenvalue weighted by Gasteiger charge is 2.29. The summed E-state index contributed by atoms with van der Waals surface area (Å²) in [6.45, 7) is 1.84. The van der Waals surface area contributed by atoms with Gasteiger partial charge in [-0.1, -0.05) is 18.2 Å². The van der Waals surface area contributed by atoms with Gasteiger partial charge in [0, 0.05) is 22.2 Å². The van der Waals surface area contributed by atoms with E-state index in [4.69, 9.17) is 0 Å². The van der Waals surface area contributed by atoms with Crippen molar-refractivity contribution in [3.05, 3.63) is 54.0 Å². The van der Waals surface area contributed by atoms with E-state index in [1.807, 2.05) is 25.1 Å². The number of nitrogens with zero attached hydrogens (tertiary/aromatic N) is 1. The number of aryl methyl sites for hydroxylation is 1. The van der Waals surface area contributed by atoms with E-state index in [9.17, 15) is 12.8 Å². The van der Waals surface area contributed by atoms with Crippen LogP contribution in [0.1, 0.15) is 5.69 Å². The van der Waals surface area contributed by atoms with Gasteiger partial charge >= 0.3 is 0 Å². The number of pyridine rings is 1. The molecule has 0 saturated heterocycles. The van der Waals surface area contributed by atoms with Crippen LogP contribution in [-0.4, -0.2) is 13.4 Å². The Morgan fingerprint density at radius 2 is 1.82 bits per heavy atom. The van der Waals surface area contributed by atoms with Crippen LogP contribution in [0.5, 0.6) is 0 Å². The fourth-order valence-electron chi connectivity index (χ4n) is 2.75. The van der Waals surface area contributed by atoms with Crippen LogP contribution in [0.4, 0.5) is 10.1 Å². The molecule has 0 aliphatic carbocycles. The predicted molar refractivity (Wildman–Crippen MR) is 82.7 cm³/mol. The fraction of sp³-hybridized carbons (Fsp3) is 0.0625. The quantitative estimate of drug-likeness (QED) is 0.691. The van der Waals surface area contributed by atoms with E-state index >= 15 is 0 Å². The SMILES string of the molecule is Cc1ccc2ccc3c(c2n1)NS(=O)(=O)c1ccc(F)cc1-3. The van der Waals surface area contributed by atoms with E-state index < -0.39 is 15.8 Å². The van der Waals surface area contributed by atoms with Gasteiger partial charge in [0.25, 0.3) is 10.0 Å². The van der Waals surface area contributed by atoms with E-state index in [-0.39, 0.29) is 4.90 Å². The first-order valence-electron chi connectivity index (χ1n) is 6.69. The highest BCUT2D eigenvalue weighted by Crippen LogP contribution is 2.42. The van der Waals surface area contributed by atoms with Crippen molar-refractivity contribution in [1.82, 2.24) is 4.98 Å². The number of fused-ring (bicyclic) bond motifs is 5. The van der Waals surface area contributed by atoms with Crippen molar-refractivity contribution in [2.24, 2.45) is 0 Å². The maximum Gasteiger partial charge on any atom is 0.262 e. The van der Waals surface area contributed by atoms with Crippen LogP contribution in [0.15, 0.2) is 47.4 Å². The largest absolute Gasteiger partial charge is 0.277 e. The minimum Gasteiger partial charge on any atom is -0.277 e. The molecule has 22 heavy (non-hydrogen) atoms. The molecule has 0 radical (unpaired) electrons. The second-order valence-electron chi connectivity index (χ2n) is 5.26. The Labute approximate surface area is 126 Å². The number of rotatable bonds is 0. The molecule has 0 fully saturated rings. The standard InChI is InChI=1S/C16H11FN2O2S/c1-9-2-3-10-4-6-12-13-8-11(17)5-7-14(13)22(20,21)19-16(12)15(10)18-9/h2-8,19H,1H3. The van der Waals surface area contributed by atoms with Gasteiger partial charge in [0.1, 0.15) is 5.82 Å². The van der Waals surface area contributed by atoms with Crippen LogP contribution >= 0.6 is 0 Å². The minimum atomic E-state index is -3.73. The molecule has 0 saturated carbocycles. The van der Waals surface area contributed by atoms with Crippen molar-refractivity contribution in [2.75, 3.05) is 4.72 Å². The molecule has 4 rings (SSSR count). The average Bonchev–Trinajstić information content (AvgIpc) is 2.46. The Balaban J connectivity index is 2.16. The van der Waals surface area contributed by atoms with Crippen molar-refractivity contribution in [2.45, 2.75) is 11.8 Å². The first-order chi connectivity index (χ1) is 10.5. The summed E-state index contributed by atoms with van der Waals surface area (Å²) in [6, 6.07) is 11.1. The van der Waals surface area contributed by atoms with Gasteiger partial charge in [-0.15, -0.1) is 0 Å². The van der Waals surface area contributed by atoms with Gasteiger partial charge in [0.15, 0.2) is 0 Å². The Bertz CT molecular complexity index is 1050. The maximum absolute atomic E-state index is 13.6. The third kappa shape index (κ3) is 1.80. The molecule has 0 bridgehead atoms. The number of sulfonamides is 1. The second kappa shape index (κ2) is 4.27. The number of hydrogen-bond acceptors (Lipinski definition) is 3. The monoisotopic (exact) mass is 314 g/mol. The van der Waals surface area contributed by atoms with Gasteiger partial charge in [-0.2, -0.15) is 0 Å². The van der Waals surface area contributed by atoms with E-state index in [2.05, 4.69) is 9.71 Å². The molecule has 110 valence electrons. The summed E-state index contributed by atoms with van der Waals surface area (Å²) in [7, 11) is -3.73. The lowest BCUT2D eigenvalue weighted by Crippen LogP contribution is -2.19. The molecule has 1 aromatic heterocycles. The molecule has 2 heterocycles. The van der Waals surface area contributed by atoms with Gasteiger partial charge in [-0.25, -0.2) is 12.8 Å². The summed E-state index contributed by atoms with van der Waals surface area (Å²) < 4.78 is 41.0. The molecule has 1 aliphatic rings. The van der Waals surface area contributed by atoms with Crippen molar-refractivity contribution in [1.29, 1.82) is 0 Å². The zero-order valence-electron chi connectivity index (χ0n) is 11.6. The Morgan fingerprint density at radius 1 is 1.05 bits per heavy atom. The molecule has 0 atom stereocenters. The second-order valence-corrected chi connectivity index (χ2v) is 6.91. The van der Waals surface area contributed by atoms with Crippen LogP contribution in [0.25, 0.3) is 22.0 Å². The van der Waals surface area contributed by atoms with Gasteiger partial charge in [0.05, 0.1) is 16.1 Å². The Hall–Kier alpha value is -2.47.